The minimum absolute atomic E-state index is 0.160. The van der Waals surface area contributed by atoms with Crippen LogP contribution in [0.25, 0.3) is 0 Å². The largest absolute Gasteiger partial charge is 0.478 e. The molecule has 1 aromatic heterocycles. The Balaban J connectivity index is 1.93. The zero-order chi connectivity index (χ0) is 14.5. The van der Waals surface area contributed by atoms with Crippen molar-refractivity contribution >= 4 is 11.9 Å². The SMILES string of the molecule is N#Cc1c(CCCc2ccc(C(=O)O)cc2)coc1N. The number of hydrogen-bond donors (Lipinski definition) is 2. The fourth-order valence-corrected chi connectivity index (χ4v) is 2.02. The van der Waals surface area contributed by atoms with Crippen LogP contribution in [0.2, 0.25) is 0 Å². The highest BCUT2D eigenvalue weighted by Gasteiger charge is 2.10. The lowest BCUT2D eigenvalue weighted by molar-refractivity contribution is 0.0697. The van der Waals surface area contributed by atoms with Crippen molar-refractivity contribution in [1.29, 1.82) is 5.26 Å². The van der Waals surface area contributed by atoms with Gasteiger partial charge in [0.2, 0.25) is 5.88 Å². The molecule has 0 saturated carbocycles. The van der Waals surface area contributed by atoms with Crippen molar-refractivity contribution in [2.75, 3.05) is 5.73 Å². The first kappa shape index (κ1) is 13.7. The van der Waals surface area contributed by atoms with Crippen LogP contribution in [0.5, 0.6) is 0 Å². The van der Waals surface area contributed by atoms with E-state index < -0.39 is 5.97 Å². The summed E-state index contributed by atoms with van der Waals surface area (Å²) in [5.74, 6) is -0.766. The average Bonchev–Trinajstić information content (AvgIpc) is 2.80. The van der Waals surface area contributed by atoms with Gasteiger partial charge in [-0.3, -0.25) is 0 Å². The normalized spacial score (nSPS) is 10.2. The Bertz CT molecular complexity index is 651. The van der Waals surface area contributed by atoms with Gasteiger partial charge in [-0.25, -0.2) is 4.79 Å². The summed E-state index contributed by atoms with van der Waals surface area (Å²) in [6.07, 6.45) is 3.85. The predicted molar refractivity (Wildman–Crippen MR) is 73.3 cm³/mol. The molecule has 20 heavy (non-hydrogen) atoms. The summed E-state index contributed by atoms with van der Waals surface area (Å²) in [6.45, 7) is 0. The molecule has 2 aromatic rings. The van der Waals surface area contributed by atoms with Crippen molar-refractivity contribution in [2.24, 2.45) is 0 Å². The number of carbonyl (C=O) groups is 1. The molecule has 1 aromatic carbocycles. The molecule has 102 valence electrons. The maximum Gasteiger partial charge on any atom is 0.335 e. The summed E-state index contributed by atoms with van der Waals surface area (Å²) >= 11 is 0. The van der Waals surface area contributed by atoms with Gasteiger partial charge in [0.05, 0.1) is 11.8 Å². The van der Waals surface area contributed by atoms with Gasteiger partial charge in [0.15, 0.2) is 0 Å². The van der Waals surface area contributed by atoms with E-state index in [4.69, 9.17) is 20.5 Å². The number of anilines is 1. The van der Waals surface area contributed by atoms with Gasteiger partial charge < -0.3 is 15.3 Å². The second-order valence-electron chi connectivity index (χ2n) is 4.47. The van der Waals surface area contributed by atoms with Crippen LogP contribution in [0.1, 0.15) is 33.5 Å². The number of carboxylic acid groups (broad SMARTS) is 1. The molecule has 0 unspecified atom stereocenters. The molecule has 0 aliphatic heterocycles. The topological polar surface area (TPSA) is 100 Å². The minimum atomic E-state index is -0.927. The molecule has 2 rings (SSSR count). The number of aryl methyl sites for hydroxylation is 2. The molecule has 0 fully saturated rings. The Morgan fingerprint density at radius 3 is 2.60 bits per heavy atom. The van der Waals surface area contributed by atoms with E-state index in [-0.39, 0.29) is 11.4 Å². The third-order valence-corrected chi connectivity index (χ3v) is 3.12. The zero-order valence-corrected chi connectivity index (χ0v) is 10.8. The monoisotopic (exact) mass is 270 g/mol. The van der Waals surface area contributed by atoms with Crippen molar-refractivity contribution < 1.29 is 14.3 Å². The minimum Gasteiger partial charge on any atom is -0.478 e. The number of nitriles is 1. The van der Waals surface area contributed by atoms with Gasteiger partial charge in [-0.2, -0.15) is 5.26 Å². The van der Waals surface area contributed by atoms with Crippen molar-refractivity contribution in [1.82, 2.24) is 0 Å². The lowest BCUT2D eigenvalue weighted by Gasteiger charge is -2.02. The Labute approximate surface area is 116 Å². The van der Waals surface area contributed by atoms with E-state index in [2.05, 4.69) is 0 Å². The number of carboxylic acids is 1. The summed E-state index contributed by atoms with van der Waals surface area (Å²) in [6, 6.07) is 8.82. The Morgan fingerprint density at radius 1 is 1.30 bits per heavy atom. The zero-order valence-electron chi connectivity index (χ0n) is 10.8. The van der Waals surface area contributed by atoms with Gasteiger partial charge in [0.1, 0.15) is 11.6 Å². The van der Waals surface area contributed by atoms with Gasteiger partial charge in [0, 0.05) is 5.56 Å². The molecular weight excluding hydrogens is 256 g/mol. The Hall–Kier alpha value is -2.74. The molecule has 0 aliphatic carbocycles. The maximum absolute atomic E-state index is 10.7. The first-order valence-corrected chi connectivity index (χ1v) is 6.20. The number of aromatic carboxylic acids is 1. The number of rotatable bonds is 5. The van der Waals surface area contributed by atoms with Gasteiger partial charge in [-0.1, -0.05) is 12.1 Å². The summed E-state index contributed by atoms with van der Waals surface area (Å²) in [5.41, 5.74) is 8.10. The average molecular weight is 270 g/mol. The number of nitrogen functional groups attached to an aromatic ring is 1. The predicted octanol–water partition coefficient (Wildman–Crippen LogP) is 2.61. The van der Waals surface area contributed by atoms with Crippen LogP contribution in [0, 0.1) is 11.3 Å². The molecule has 0 bridgehead atoms. The summed E-state index contributed by atoms with van der Waals surface area (Å²) in [5, 5.41) is 17.7. The van der Waals surface area contributed by atoms with Crippen LogP contribution >= 0.6 is 0 Å². The molecule has 1 heterocycles. The van der Waals surface area contributed by atoms with Gasteiger partial charge in [-0.15, -0.1) is 0 Å². The molecular formula is C15H14N2O3. The van der Waals surface area contributed by atoms with Gasteiger partial charge in [0.25, 0.3) is 0 Å². The van der Waals surface area contributed by atoms with Gasteiger partial charge in [-0.05, 0) is 37.0 Å². The highest BCUT2D eigenvalue weighted by atomic mass is 16.4. The van der Waals surface area contributed by atoms with E-state index in [1.807, 2.05) is 6.07 Å². The summed E-state index contributed by atoms with van der Waals surface area (Å²) in [4.78, 5) is 10.7. The van der Waals surface area contributed by atoms with Crippen molar-refractivity contribution in [3.05, 3.63) is 52.8 Å². The van der Waals surface area contributed by atoms with E-state index in [0.717, 1.165) is 24.0 Å². The number of furan rings is 1. The summed E-state index contributed by atoms with van der Waals surface area (Å²) < 4.78 is 5.02. The van der Waals surface area contributed by atoms with Crippen molar-refractivity contribution in [3.63, 3.8) is 0 Å². The quantitative estimate of drug-likeness (QED) is 0.869. The fourth-order valence-electron chi connectivity index (χ4n) is 2.02. The third kappa shape index (κ3) is 2.98. The van der Waals surface area contributed by atoms with Crippen LogP contribution in [0.3, 0.4) is 0 Å². The van der Waals surface area contributed by atoms with Crippen molar-refractivity contribution in [3.8, 4) is 6.07 Å². The second-order valence-corrected chi connectivity index (χ2v) is 4.47. The standard InChI is InChI=1S/C15H14N2O3/c16-8-13-12(9-20-14(13)17)3-1-2-10-4-6-11(7-5-10)15(18)19/h4-7,9H,1-3,17H2,(H,18,19). The maximum atomic E-state index is 10.7. The molecule has 0 radical (unpaired) electrons. The molecule has 0 spiro atoms. The van der Waals surface area contributed by atoms with E-state index in [1.54, 1.807) is 24.3 Å². The smallest absolute Gasteiger partial charge is 0.335 e. The van der Waals surface area contributed by atoms with Crippen LogP contribution in [-0.2, 0) is 12.8 Å². The molecule has 0 amide bonds. The van der Waals surface area contributed by atoms with Gasteiger partial charge >= 0.3 is 5.97 Å². The number of nitrogens with zero attached hydrogens (tertiary/aromatic N) is 1. The first-order chi connectivity index (χ1) is 9.61. The molecule has 0 atom stereocenters. The first-order valence-electron chi connectivity index (χ1n) is 6.20. The third-order valence-electron chi connectivity index (χ3n) is 3.12. The number of nitrogens with two attached hydrogens (primary N) is 1. The van der Waals surface area contributed by atoms with E-state index in [9.17, 15) is 4.79 Å². The second kappa shape index (κ2) is 5.93. The lowest BCUT2D eigenvalue weighted by Crippen LogP contribution is -1.97. The van der Waals surface area contributed by atoms with Crippen LogP contribution in [0.15, 0.2) is 34.9 Å². The number of benzene rings is 1. The Kier molecular flexibility index (Phi) is 4.06. The highest BCUT2D eigenvalue weighted by Crippen LogP contribution is 2.20. The van der Waals surface area contributed by atoms with Crippen LogP contribution in [-0.4, -0.2) is 11.1 Å². The fraction of sp³-hybridized carbons (Fsp3) is 0.200. The van der Waals surface area contributed by atoms with Crippen LogP contribution < -0.4 is 5.73 Å². The lowest BCUT2D eigenvalue weighted by atomic mass is 10.0. The van der Waals surface area contributed by atoms with E-state index in [1.165, 1.54) is 6.26 Å². The summed E-state index contributed by atoms with van der Waals surface area (Å²) in [7, 11) is 0. The molecule has 0 aliphatic rings. The molecule has 5 heteroatoms. The number of hydrogen-bond acceptors (Lipinski definition) is 4. The Morgan fingerprint density at radius 2 is 2.00 bits per heavy atom. The highest BCUT2D eigenvalue weighted by molar-refractivity contribution is 5.87. The molecule has 3 N–H and O–H groups in total. The molecule has 5 nitrogen and oxygen atoms in total. The van der Waals surface area contributed by atoms with Crippen molar-refractivity contribution in [2.45, 2.75) is 19.3 Å². The van der Waals surface area contributed by atoms with E-state index in [0.29, 0.717) is 12.0 Å². The molecule has 0 saturated heterocycles. The van der Waals surface area contributed by atoms with Crippen LogP contribution in [0.4, 0.5) is 5.88 Å². The van der Waals surface area contributed by atoms with E-state index >= 15 is 0 Å².